The van der Waals surface area contributed by atoms with Gasteiger partial charge in [-0.25, -0.2) is 13.6 Å². The van der Waals surface area contributed by atoms with Crippen LogP contribution in [-0.4, -0.2) is 32.2 Å². The molecular weight excluding hydrogens is 254 g/mol. The zero-order chi connectivity index (χ0) is 13.8. The first-order valence-corrected chi connectivity index (χ1v) is 6.17. The van der Waals surface area contributed by atoms with E-state index in [0.29, 0.717) is 6.54 Å². The van der Waals surface area contributed by atoms with Crippen molar-refractivity contribution in [3.05, 3.63) is 29.3 Å². The highest BCUT2D eigenvalue weighted by molar-refractivity contribution is 5.90. The predicted molar refractivity (Wildman–Crippen MR) is 67.2 cm³/mol. The van der Waals surface area contributed by atoms with Crippen LogP contribution in [0.5, 0.6) is 0 Å². The second-order valence-electron chi connectivity index (χ2n) is 4.45. The summed E-state index contributed by atoms with van der Waals surface area (Å²) < 4.78 is 31.8. The van der Waals surface area contributed by atoms with E-state index < -0.39 is 23.2 Å². The fourth-order valence-electron chi connectivity index (χ4n) is 2.12. The molecule has 1 aliphatic heterocycles. The lowest BCUT2D eigenvalue weighted by Gasteiger charge is -2.14. The molecule has 2 rings (SSSR count). The predicted octanol–water partition coefficient (Wildman–Crippen LogP) is 1.92. The molecule has 4 nitrogen and oxygen atoms in total. The van der Waals surface area contributed by atoms with Crippen molar-refractivity contribution in [1.82, 2.24) is 5.32 Å². The molecule has 104 valence electrons. The number of carbonyl (C=O) groups is 1. The van der Waals surface area contributed by atoms with E-state index in [1.807, 2.05) is 0 Å². The summed E-state index contributed by atoms with van der Waals surface area (Å²) in [6, 6.07) is 2.83. The van der Waals surface area contributed by atoms with Gasteiger partial charge in [0.25, 0.3) is 0 Å². The molecule has 0 amide bonds. The van der Waals surface area contributed by atoms with Crippen molar-refractivity contribution in [3.63, 3.8) is 0 Å². The Bertz CT molecular complexity index is 474. The molecule has 0 saturated carbocycles. The Hall–Kier alpha value is -1.69. The summed E-state index contributed by atoms with van der Waals surface area (Å²) in [4.78, 5) is 11.2. The second-order valence-corrected chi connectivity index (χ2v) is 4.45. The van der Waals surface area contributed by atoms with Crippen molar-refractivity contribution in [2.45, 2.75) is 18.9 Å². The number of methoxy groups -OCH3 is 1. The molecule has 2 N–H and O–H groups in total. The highest BCUT2D eigenvalue weighted by Gasteiger charge is 2.20. The summed E-state index contributed by atoms with van der Waals surface area (Å²) >= 11 is 0. The van der Waals surface area contributed by atoms with Gasteiger partial charge in [0.2, 0.25) is 0 Å². The van der Waals surface area contributed by atoms with Gasteiger partial charge in [-0.1, -0.05) is 0 Å². The smallest absolute Gasteiger partial charge is 0.340 e. The van der Waals surface area contributed by atoms with Gasteiger partial charge in [0.05, 0.1) is 18.4 Å². The molecule has 1 fully saturated rings. The van der Waals surface area contributed by atoms with Crippen LogP contribution in [-0.2, 0) is 4.74 Å². The number of rotatable bonds is 4. The molecule has 1 heterocycles. The molecule has 0 radical (unpaired) electrons. The van der Waals surface area contributed by atoms with E-state index in [0.717, 1.165) is 26.5 Å². The molecule has 0 aliphatic carbocycles. The number of halogens is 2. The summed E-state index contributed by atoms with van der Waals surface area (Å²) in [7, 11) is 1.12. The summed E-state index contributed by atoms with van der Waals surface area (Å²) in [5.41, 5.74) is -0.344. The molecule has 1 atom stereocenters. The average molecular weight is 270 g/mol. The van der Waals surface area contributed by atoms with Gasteiger partial charge in [0.15, 0.2) is 11.6 Å². The Morgan fingerprint density at radius 1 is 1.47 bits per heavy atom. The van der Waals surface area contributed by atoms with E-state index in [4.69, 9.17) is 0 Å². The third-order valence-corrected chi connectivity index (χ3v) is 3.19. The number of anilines is 1. The fourth-order valence-corrected chi connectivity index (χ4v) is 2.12. The van der Waals surface area contributed by atoms with Crippen LogP contribution in [0.2, 0.25) is 0 Å². The van der Waals surface area contributed by atoms with Gasteiger partial charge >= 0.3 is 5.97 Å². The van der Waals surface area contributed by atoms with Crippen LogP contribution in [0.25, 0.3) is 0 Å². The highest BCUT2D eigenvalue weighted by atomic mass is 19.2. The monoisotopic (exact) mass is 270 g/mol. The Kier molecular flexibility index (Phi) is 4.31. The van der Waals surface area contributed by atoms with Gasteiger partial charge in [-0.15, -0.1) is 0 Å². The number of benzene rings is 1. The molecule has 0 spiro atoms. The van der Waals surface area contributed by atoms with E-state index in [9.17, 15) is 13.6 Å². The van der Waals surface area contributed by atoms with Crippen LogP contribution in [0.3, 0.4) is 0 Å². The average Bonchev–Trinajstić information content (AvgIpc) is 2.93. The molecule has 0 bridgehead atoms. The topological polar surface area (TPSA) is 50.4 Å². The van der Waals surface area contributed by atoms with Crippen LogP contribution < -0.4 is 10.6 Å². The van der Waals surface area contributed by atoms with Crippen molar-refractivity contribution in [2.75, 3.05) is 25.5 Å². The number of hydrogen-bond donors (Lipinski definition) is 2. The molecule has 1 unspecified atom stereocenters. The number of nitrogens with one attached hydrogen (secondary N) is 2. The molecule has 1 aromatic rings. The van der Waals surface area contributed by atoms with E-state index in [2.05, 4.69) is 15.4 Å². The minimum absolute atomic E-state index is 0.0545. The maximum atomic E-state index is 13.8. The van der Waals surface area contributed by atoms with Crippen molar-refractivity contribution in [3.8, 4) is 0 Å². The molecule has 6 heteroatoms. The first-order valence-electron chi connectivity index (χ1n) is 6.17. The Balaban J connectivity index is 2.09. The van der Waals surface area contributed by atoms with Gasteiger partial charge in [0, 0.05) is 12.6 Å². The zero-order valence-electron chi connectivity index (χ0n) is 10.6. The van der Waals surface area contributed by atoms with E-state index in [1.165, 1.54) is 12.1 Å². The first-order chi connectivity index (χ1) is 9.13. The standard InChI is InChI=1S/C13H16F2N2O2/c1-19-13(18)9-4-5-10(12(15)11(9)14)17-7-8-3-2-6-16-8/h4-5,8,16-17H,2-3,6-7H2,1H3. The number of esters is 1. The zero-order valence-corrected chi connectivity index (χ0v) is 10.6. The Labute approximate surface area is 110 Å². The molecule has 0 aromatic heterocycles. The summed E-state index contributed by atoms with van der Waals surface area (Å²) in [5, 5.41) is 6.10. The lowest BCUT2D eigenvalue weighted by molar-refractivity contribution is 0.0594. The van der Waals surface area contributed by atoms with Gasteiger partial charge in [-0.2, -0.15) is 0 Å². The van der Waals surface area contributed by atoms with Crippen LogP contribution in [0.4, 0.5) is 14.5 Å². The van der Waals surface area contributed by atoms with E-state index in [1.54, 1.807) is 0 Å². The Morgan fingerprint density at radius 3 is 2.89 bits per heavy atom. The first kappa shape index (κ1) is 13.7. The quantitative estimate of drug-likeness (QED) is 0.821. The van der Waals surface area contributed by atoms with Crippen LogP contribution in [0.1, 0.15) is 23.2 Å². The lowest BCUT2D eigenvalue weighted by Crippen LogP contribution is -2.29. The third-order valence-electron chi connectivity index (χ3n) is 3.19. The van der Waals surface area contributed by atoms with Crippen LogP contribution >= 0.6 is 0 Å². The molecule has 19 heavy (non-hydrogen) atoms. The maximum Gasteiger partial charge on any atom is 0.340 e. The Morgan fingerprint density at radius 2 is 2.26 bits per heavy atom. The van der Waals surface area contributed by atoms with Crippen molar-refractivity contribution in [2.24, 2.45) is 0 Å². The second kappa shape index (κ2) is 5.97. The van der Waals surface area contributed by atoms with Crippen molar-refractivity contribution >= 4 is 11.7 Å². The van der Waals surface area contributed by atoms with Crippen molar-refractivity contribution in [1.29, 1.82) is 0 Å². The SMILES string of the molecule is COC(=O)c1ccc(NCC2CCCN2)c(F)c1F. The summed E-state index contributed by atoms with van der Waals surface area (Å²) in [6.07, 6.45) is 2.10. The van der Waals surface area contributed by atoms with Gasteiger partial charge in [0.1, 0.15) is 0 Å². The van der Waals surface area contributed by atoms with E-state index in [-0.39, 0.29) is 11.7 Å². The largest absolute Gasteiger partial charge is 0.465 e. The third kappa shape index (κ3) is 3.01. The molecule has 1 aromatic carbocycles. The van der Waals surface area contributed by atoms with Crippen LogP contribution in [0, 0.1) is 11.6 Å². The number of hydrogen-bond acceptors (Lipinski definition) is 4. The van der Waals surface area contributed by atoms with Crippen molar-refractivity contribution < 1.29 is 18.3 Å². The number of carbonyl (C=O) groups excluding carboxylic acids is 1. The highest BCUT2D eigenvalue weighted by Crippen LogP contribution is 2.21. The molecule has 1 aliphatic rings. The minimum Gasteiger partial charge on any atom is -0.465 e. The van der Waals surface area contributed by atoms with Crippen LogP contribution in [0.15, 0.2) is 12.1 Å². The van der Waals surface area contributed by atoms with E-state index >= 15 is 0 Å². The van der Waals surface area contributed by atoms with Gasteiger partial charge < -0.3 is 15.4 Å². The summed E-state index contributed by atoms with van der Waals surface area (Å²) in [6.45, 7) is 1.47. The molecule has 1 saturated heterocycles. The van der Waals surface area contributed by atoms with Gasteiger partial charge in [-0.05, 0) is 31.5 Å². The summed E-state index contributed by atoms with van der Waals surface area (Å²) in [5.74, 6) is -3.13. The van der Waals surface area contributed by atoms with Gasteiger partial charge in [-0.3, -0.25) is 0 Å². The normalized spacial score (nSPS) is 18.4. The fraction of sp³-hybridized carbons (Fsp3) is 0.462. The lowest BCUT2D eigenvalue weighted by atomic mass is 10.1. The number of ether oxygens (including phenoxy) is 1. The minimum atomic E-state index is -1.18. The maximum absolute atomic E-state index is 13.8. The molecular formula is C13H16F2N2O2.